The molecule has 3 nitrogen and oxygen atoms in total. The van der Waals surface area contributed by atoms with Crippen LogP contribution in [0.4, 0.5) is 0 Å². The lowest BCUT2D eigenvalue weighted by Gasteiger charge is -2.05. The molecule has 0 aliphatic heterocycles. The van der Waals surface area contributed by atoms with Crippen molar-refractivity contribution in [3.05, 3.63) is 59.9 Å². The Bertz CT molecular complexity index is 767. The molecule has 106 valence electrons. The first-order chi connectivity index (χ1) is 10.3. The summed E-state index contributed by atoms with van der Waals surface area (Å²) in [5.41, 5.74) is 2.93. The molecule has 2 aromatic carbocycles. The van der Waals surface area contributed by atoms with Crippen molar-refractivity contribution in [2.45, 2.75) is 0 Å². The van der Waals surface area contributed by atoms with Gasteiger partial charge in [-0.05, 0) is 35.9 Å². The predicted octanol–water partition coefficient (Wildman–Crippen LogP) is 4.62. The van der Waals surface area contributed by atoms with Crippen LogP contribution in [-0.2, 0) is 0 Å². The summed E-state index contributed by atoms with van der Waals surface area (Å²) in [6, 6.07) is 13.8. The molecule has 0 fully saturated rings. The molecule has 3 aromatic rings. The number of hydrogen-bond acceptors (Lipinski definition) is 3. The van der Waals surface area contributed by atoms with E-state index in [1.807, 2.05) is 54.6 Å². The van der Waals surface area contributed by atoms with Crippen molar-refractivity contribution < 1.29 is 13.9 Å². The Kier molecular flexibility index (Phi) is 3.65. The van der Waals surface area contributed by atoms with Gasteiger partial charge in [0.2, 0.25) is 0 Å². The number of benzene rings is 2. The molecule has 0 bridgehead atoms. The SMILES string of the molecule is COc1ccc(C=Cc2cc3occc3cc2OC)cc1. The van der Waals surface area contributed by atoms with Gasteiger partial charge in [-0.15, -0.1) is 0 Å². The number of ether oxygens (including phenoxy) is 2. The molecule has 3 heteroatoms. The van der Waals surface area contributed by atoms with Crippen LogP contribution < -0.4 is 9.47 Å². The Morgan fingerprint density at radius 3 is 2.43 bits per heavy atom. The van der Waals surface area contributed by atoms with Crippen molar-refractivity contribution >= 4 is 23.1 Å². The van der Waals surface area contributed by atoms with Crippen molar-refractivity contribution in [3.8, 4) is 11.5 Å². The summed E-state index contributed by atoms with van der Waals surface area (Å²) in [7, 11) is 3.33. The van der Waals surface area contributed by atoms with E-state index in [0.717, 1.165) is 33.6 Å². The molecule has 0 saturated carbocycles. The highest BCUT2D eigenvalue weighted by Crippen LogP contribution is 2.28. The number of furan rings is 1. The summed E-state index contributed by atoms with van der Waals surface area (Å²) in [6.07, 6.45) is 5.73. The van der Waals surface area contributed by atoms with Crippen molar-refractivity contribution in [1.29, 1.82) is 0 Å². The van der Waals surface area contributed by atoms with Crippen molar-refractivity contribution in [3.63, 3.8) is 0 Å². The predicted molar refractivity (Wildman–Crippen MR) is 84.7 cm³/mol. The minimum atomic E-state index is 0.827. The molecular formula is C18H16O3. The smallest absolute Gasteiger partial charge is 0.134 e. The van der Waals surface area contributed by atoms with E-state index in [-0.39, 0.29) is 0 Å². The van der Waals surface area contributed by atoms with Crippen LogP contribution in [0.2, 0.25) is 0 Å². The Hall–Kier alpha value is -2.68. The topological polar surface area (TPSA) is 31.6 Å². The van der Waals surface area contributed by atoms with Gasteiger partial charge in [-0.1, -0.05) is 24.3 Å². The summed E-state index contributed by atoms with van der Waals surface area (Å²) < 4.78 is 16.0. The summed E-state index contributed by atoms with van der Waals surface area (Å²) in [5, 5.41) is 1.04. The third-order valence-corrected chi connectivity index (χ3v) is 3.38. The van der Waals surface area contributed by atoms with Gasteiger partial charge in [-0.25, -0.2) is 0 Å². The first kappa shape index (κ1) is 13.3. The fourth-order valence-corrected chi connectivity index (χ4v) is 2.21. The highest BCUT2D eigenvalue weighted by molar-refractivity contribution is 5.85. The minimum Gasteiger partial charge on any atom is -0.497 e. The Labute approximate surface area is 123 Å². The summed E-state index contributed by atoms with van der Waals surface area (Å²) in [6.45, 7) is 0. The summed E-state index contributed by atoms with van der Waals surface area (Å²) >= 11 is 0. The minimum absolute atomic E-state index is 0.827. The van der Waals surface area contributed by atoms with E-state index in [4.69, 9.17) is 13.9 Å². The van der Waals surface area contributed by atoms with Crippen LogP contribution in [0.1, 0.15) is 11.1 Å². The maximum atomic E-state index is 5.43. The summed E-state index contributed by atoms with van der Waals surface area (Å²) in [5.74, 6) is 1.68. The van der Waals surface area contributed by atoms with E-state index >= 15 is 0 Å². The fourth-order valence-electron chi connectivity index (χ4n) is 2.21. The molecule has 0 radical (unpaired) electrons. The van der Waals surface area contributed by atoms with E-state index in [1.165, 1.54) is 0 Å². The lowest BCUT2D eigenvalue weighted by molar-refractivity contribution is 0.414. The van der Waals surface area contributed by atoms with Crippen LogP contribution in [0.15, 0.2) is 53.1 Å². The molecule has 0 saturated heterocycles. The highest BCUT2D eigenvalue weighted by atomic mass is 16.5. The second-order valence-electron chi connectivity index (χ2n) is 4.66. The standard InChI is InChI=1S/C18H16O3/c1-19-16-7-4-13(5-8-16)3-6-14-12-18-15(9-10-21-18)11-17(14)20-2/h3-12H,1-2H3. The van der Waals surface area contributed by atoms with Crippen LogP contribution in [0.25, 0.3) is 23.1 Å². The van der Waals surface area contributed by atoms with Crippen molar-refractivity contribution in [2.24, 2.45) is 0 Å². The molecule has 3 rings (SSSR count). The normalized spacial score (nSPS) is 11.1. The molecule has 0 atom stereocenters. The summed E-state index contributed by atoms with van der Waals surface area (Å²) in [4.78, 5) is 0. The van der Waals surface area contributed by atoms with Crippen LogP contribution in [-0.4, -0.2) is 14.2 Å². The molecule has 0 spiro atoms. The second kappa shape index (κ2) is 5.75. The zero-order chi connectivity index (χ0) is 14.7. The zero-order valence-corrected chi connectivity index (χ0v) is 12.0. The van der Waals surface area contributed by atoms with Gasteiger partial charge in [-0.3, -0.25) is 0 Å². The van der Waals surface area contributed by atoms with Gasteiger partial charge < -0.3 is 13.9 Å². The Balaban J connectivity index is 1.93. The largest absolute Gasteiger partial charge is 0.497 e. The molecule has 0 unspecified atom stereocenters. The van der Waals surface area contributed by atoms with Gasteiger partial charge in [0, 0.05) is 10.9 Å². The number of fused-ring (bicyclic) bond motifs is 1. The molecule has 0 aliphatic carbocycles. The molecule has 0 amide bonds. The average molecular weight is 280 g/mol. The third kappa shape index (κ3) is 2.77. The monoisotopic (exact) mass is 280 g/mol. The zero-order valence-electron chi connectivity index (χ0n) is 12.0. The Morgan fingerprint density at radius 2 is 1.71 bits per heavy atom. The van der Waals surface area contributed by atoms with Crippen LogP contribution >= 0.6 is 0 Å². The molecule has 0 N–H and O–H groups in total. The van der Waals surface area contributed by atoms with Crippen LogP contribution in [0, 0.1) is 0 Å². The lowest BCUT2D eigenvalue weighted by atomic mass is 10.1. The van der Waals surface area contributed by atoms with Gasteiger partial charge in [0.25, 0.3) is 0 Å². The number of methoxy groups -OCH3 is 2. The number of rotatable bonds is 4. The molecule has 0 aliphatic rings. The first-order valence-electron chi connectivity index (χ1n) is 6.67. The van der Waals surface area contributed by atoms with Gasteiger partial charge in [0.05, 0.1) is 20.5 Å². The molecule has 21 heavy (non-hydrogen) atoms. The molecular weight excluding hydrogens is 264 g/mol. The first-order valence-corrected chi connectivity index (χ1v) is 6.67. The van der Waals surface area contributed by atoms with E-state index < -0.39 is 0 Å². The maximum absolute atomic E-state index is 5.43. The van der Waals surface area contributed by atoms with Gasteiger partial charge in [-0.2, -0.15) is 0 Å². The number of hydrogen-bond donors (Lipinski definition) is 0. The molecule has 1 aromatic heterocycles. The van der Waals surface area contributed by atoms with Crippen LogP contribution in [0.5, 0.6) is 11.5 Å². The quantitative estimate of drug-likeness (QED) is 0.653. The van der Waals surface area contributed by atoms with Crippen LogP contribution in [0.3, 0.4) is 0 Å². The van der Waals surface area contributed by atoms with E-state index in [0.29, 0.717) is 0 Å². The van der Waals surface area contributed by atoms with Gasteiger partial charge in [0.15, 0.2) is 0 Å². The van der Waals surface area contributed by atoms with E-state index in [1.54, 1.807) is 20.5 Å². The maximum Gasteiger partial charge on any atom is 0.134 e. The van der Waals surface area contributed by atoms with E-state index in [2.05, 4.69) is 0 Å². The lowest BCUT2D eigenvalue weighted by Crippen LogP contribution is -1.86. The van der Waals surface area contributed by atoms with E-state index in [9.17, 15) is 0 Å². The van der Waals surface area contributed by atoms with Crippen molar-refractivity contribution in [2.75, 3.05) is 14.2 Å². The second-order valence-corrected chi connectivity index (χ2v) is 4.66. The van der Waals surface area contributed by atoms with Crippen molar-refractivity contribution in [1.82, 2.24) is 0 Å². The van der Waals surface area contributed by atoms with Gasteiger partial charge >= 0.3 is 0 Å². The highest BCUT2D eigenvalue weighted by Gasteiger charge is 2.05. The average Bonchev–Trinajstić information content (AvgIpc) is 2.99. The van der Waals surface area contributed by atoms with Gasteiger partial charge in [0.1, 0.15) is 17.1 Å². The third-order valence-electron chi connectivity index (χ3n) is 3.38. The fraction of sp³-hybridized carbons (Fsp3) is 0.111. The Morgan fingerprint density at radius 1 is 0.905 bits per heavy atom. The molecule has 1 heterocycles.